The van der Waals surface area contributed by atoms with Gasteiger partial charge < -0.3 is 0 Å². The summed E-state index contributed by atoms with van der Waals surface area (Å²) in [5.74, 6) is 5.26. The van der Waals surface area contributed by atoms with Crippen LogP contribution in [0.4, 0.5) is 0 Å². The van der Waals surface area contributed by atoms with Crippen LogP contribution in [0.25, 0.3) is 0 Å². The zero-order valence-electron chi connectivity index (χ0n) is 13.4. The van der Waals surface area contributed by atoms with Crippen molar-refractivity contribution < 1.29 is 18.4 Å². The van der Waals surface area contributed by atoms with Gasteiger partial charge in [0.2, 0.25) is 10.0 Å². The standard InChI is InChI=1S/C17H16N2O4S2/c1-2-14(17(20)18-21)19-11-15-16(25(19,22)23)10-13(24-15)9-8-12-6-4-3-5-7-12/h3-7,10,14,21H,2,11H2,1H3,(H,18,20). The third kappa shape index (κ3) is 3.32. The third-order valence-corrected chi connectivity index (χ3v) is 6.99. The average molecular weight is 376 g/mol. The van der Waals surface area contributed by atoms with E-state index in [0.717, 1.165) is 9.87 Å². The van der Waals surface area contributed by atoms with Gasteiger partial charge in [-0.05, 0) is 24.6 Å². The van der Waals surface area contributed by atoms with E-state index in [1.54, 1.807) is 13.0 Å². The molecule has 2 heterocycles. The van der Waals surface area contributed by atoms with Crippen LogP contribution in [-0.2, 0) is 21.4 Å². The summed E-state index contributed by atoms with van der Waals surface area (Å²) in [7, 11) is -3.77. The van der Waals surface area contributed by atoms with Crippen LogP contribution in [-0.4, -0.2) is 29.9 Å². The first kappa shape index (κ1) is 17.6. The fraction of sp³-hybridized carbons (Fsp3) is 0.235. The summed E-state index contributed by atoms with van der Waals surface area (Å²) < 4.78 is 26.5. The number of thiophene rings is 1. The first-order valence-electron chi connectivity index (χ1n) is 7.63. The van der Waals surface area contributed by atoms with Gasteiger partial charge in [-0.25, -0.2) is 13.9 Å². The quantitative estimate of drug-likeness (QED) is 0.487. The van der Waals surface area contributed by atoms with E-state index in [-0.39, 0.29) is 17.9 Å². The fourth-order valence-corrected chi connectivity index (χ4v) is 5.94. The van der Waals surface area contributed by atoms with E-state index in [1.807, 2.05) is 30.3 Å². The van der Waals surface area contributed by atoms with Crippen LogP contribution in [0.2, 0.25) is 0 Å². The fourth-order valence-electron chi connectivity index (χ4n) is 2.68. The zero-order valence-corrected chi connectivity index (χ0v) is 15.0. The Balaban J connectivity index is 1.89. The van der Waals surface area contributed by atoms with E-state index in [2.05, 4.69) is 11.8 Å². The molecule has 1 unspecified atom stereocenters. The Morgan fingerprint density at radius 3 is 2.68 bits per heavy atom. The minimum Gasteiger partial charge on any atom is -0.289 e. The Morgan fingerprint density at radius 2 is 2.08 bits per heavy atom. The van der Waals surface area contributed by atoms with Gasteiger partial charge >= 0.3 is 0 Å². The van der Waals surface area contributed by atoms with Crippen molar-refractivity contribution in [3.05, 3.63) is 51.7 Å². The highest BCUT2D eigenvalue weighted by molar-refractivity contribution is 7.89. The maximum atomic E-state index is 12.7. The van der Waals surface area contributed by atoms with Gasteiger partial charge in [0.15, 0.2) is 0 Å². The summed E-state index contributed by atoms with van der Waals surface area (Å²) in [6.45, 7) is 1.81. The Morgan fingerprint density at radius 1 is 1.36 bits per heavy atom. The number of rotatable bonds is 3. The summed E-state index contributed by atoms with van der Waals surface area (Å²) in [5.41, 5.74) is 2.39. The molecule has 0 saturated carbocycles. The van der Waals surface area contributed by atoms with Crippen molar-refractivity contribution in [2.24, 2.45) is 0 Å². The normalized spacial score (nSPS) is 16.6. The lowest BCUT2D eigenvalue weighted by Gasteiger charge is -2.23. The van der Waals surface area contributed by atoms with Crippen molar-refractivity contribution >= 4 is 27.3 Å². The van der Waals surface area contributed by atoms with Gasteiger partial charge in [0.1, 0.15) is 6.04 Å². The molecule has 6 nitrogen and oxygen atoms in total. The van der Waals surface area contributed by atoms with Gasteiger partial charge in [0.25, 0.3) is 5.91 Å². The van der Waals surface area contributed by atoms with E-state index in [0.29, 0.717) is 9.75 Å². The molecule has 0 bridgehead atoms. The van der Waals surface area contributed by atoms with E-state index in [9.17, 15) is 13.2 Å². The van der Waals surface area contributed by atoms with Crippen LogP contribution in [0.3, 0.4) is 0 Å². The molecule has 2 N–H and O–H groups in total. The molecular formula is C17H16N2O4S2. The monoisotopic (exact) mass is 376 g/mol. The van der Waals surface area contributed by atoms with Gasteiger partial charge in [-0.1, -0.05) is 37.0 Å². The van der Waals surface area contributed by atoms with Crippen molar-refractivity contribution in [3.63, 3.8) is 0 Å². The summed E-state index contributed by atoms with van der Waals surface area (Å²) in [6, 6.07) is 10.1. The lowest BCUT2D eigenvalue weighted by Crippen LogP contribution is -2.45. The largest absolute Gasteiger partial charge is 0.289 e. The van der Waals surface area contributed by atoms with E-state index in [4.69, 9.17) is 5.21 Å². The number of nitrogens with zero attached hydrogens (tertiary/aromatic N) is 1. The number of fused-ring (bicyclic) bond motifs is 1. The molecule has 2 aromatic rings. The van der Waals surface area contributed by atoms with Gasteiger partial charge in [0.05, 0.1) is 16.3 Å². The van der Waals surface area contributed by atoms with Gasteiger partial charge in [-0.15, -0.1) is 11.3 Å². The Bertz CT molecular complexity index is 956. The highest BCUT2D eigenvalue weighted by Crippen LogP contribution is 2.38. The molecule has 0 fully saturated rings. The first-order valence-corrected chi connectivity index (χ1v) is 9.88. The molecule has 0 radical (unpaired) electrons. The Kier molecular flexibility index (Phi) is 4.92. The van der Waals surface area contributed by atoms with E-state index < -0.39 is 22.0 Å². The van der Waals surface area contributed by atoms with Gasteiger partial charge in [-0.3, -0.25) is 10.0 Å². The van der Waals surface area contributed by atoms with E-state index in [1.165, 1.54) is 16.8 Å². The smallest absolute Gasteiger partial charge is 0.261 e. The SMILES string of the molecule is CCC(C(=O)NO)N1Cc2sc(C#Cc3ccccc3)cc2S1(=O)=O. The number of nitrogens with one attached hydrogen (secondary N) is 1. The lowest BCUT2D eigenvalue weighted by atomic mass is 10.2. The lowest BCUT2D eigenvalue weighted by molar-refractivity contribution is -0.133. The number of benzene rings is 1. The zero-order chi connectivity index (χ0) is 18.0. The van der Waals surface area contributed by atoms with Crippen LogP contribution in [0.5, 0.6) is 0 Å². The molecule has 1 atom stereocenters. The molecule has 25 heavy (non-hydrogen) atoms. The van der Waals surface area contributed by atoms with Crippen LogP contribution < -0.4 is 5.48 Å². The van der Waals surface area contributed by atoms with Crippen LogP contribution in [0, 0.1) is 11.8 Å². The summed E-state index contributed by atoms with van der Waals surface area (Å²) in [6.07, 6.45) is 0.265. The summed E-state index contributed by atoms with van der Waals surface area (Å²) >= 11 is 1.31. The third-order valence-electron chi connectivity index (χ3n) is 3.91. The van der Waals surface area contributed by atoms with Crippen LogP contribution >= 0.6 is 11.3 Å². The minimum atomic E-state index is -3.77. The number of hydrogen-bond acceptors (Lipinski definition) is 5. The van der Waals surface area contributed by atoms with Crippen molar-refractivity contribution in [2.75, 3.05) is 0 Å². The molecule has 0 aliphatic carbocycles. The number of amides is 1. The summed E-state index contributed by atoms with van der Waals surface area (Å²) in [4.78, 5) is 13.2. The molecular weight excluding hydrogens is 360 g/mol. The first-order chi connectivity index (χ1) is 12.0. The molecule has 0 saturated heterocycles. The van der Waals surface area contributed by atoms with Crippen molar-refractivity contribution in [2.45, 2.75) is 30.8 Å². The predicted molar refractivity (Wildman–Crippen MR) is 93.5 cm³/mol. The van der Waals surface area contributed by atoms with Crippen molar-refractivity contribution in [1.29, 1.82) is 0 Å². The van der Waals surface area contributed by atoms with Crippen molar-refractivity contribution in [1.82, 2.24) is 9.79 Å². The molecule has 1 aliphatic heterocycles. The average Bonchev–Trinajstić information content (AvgIpc) is 3.13. The molecule has 130 valence electrons. The number of carbonyl (C=O) groups excluding carboxylic acids is 1. The number of hydroxylamine groups is 1. The summed E-state index contributed by atoms with van der Waals surface area (Å²) in [5, 5.41) is 8.82. The van der Waals surface area contributed by atoms with E-state index >= 15 is 0 Å². The van der Waals surface area contributed by atoms with Gasteiger partial charge in [0, 0.05) is 10.4 Å². The topological polar surface area (TPSA) is 86.7 Å². The molecule has 8 heteroatoms. The molecule has 3 rings (SSSR count). The number of carbonyl (C=O) groups is 1. The molecule has 1 aromatic carbocycles. The highest BCUT2D eigenvalue weighted by atomic mass is 32.2. The highest BCUT2D eigenvalue weighted by Gasteiger charge is 2.42. The van der Waals surface area contributed by atoms with Gasteiger partial charge in [-0.2, -0.15) is 4.31 Å². The Labute approximate surface area is 150 Å². The molecule has 1 amide bonds. The number of hydrogen-bond donors (Lipinski definition) is 2. The maximum absolute atomic E-state index is 12.7. The predicted octanol–water partition coefficient (Wildman–Crippen LogP) is 1.94. The van der Waals surface area contributed by atoms with Crippen LogP contribution in [0.1, 0.15) is 28.7 Å². The second-order valence-electron chi connectivity index (χ2n) is 5.46. The van der Waals surface area contributed by atoms with Crippen molar-refractivity contribution in [3.8, 4) is 11.8 Å². The Hall–Kier alpha value is -2.18. The minimum absolute atomic E-state index is 0.112. The number of sulfonamides is 1. The second kappa shape index (κ2) is 6.98. The second-order valence-corrected chi connectivity index (χ2v) is 8.46. The maximum Gasteiger partial charge on any atom is 0.261 e. The molecule has 1 aromatic heterocycles. The van der Waals surface area contributed by atoms with Crippen LogP contribution in [0.15, 0.2) is 41.3 Å². The molecule has 0 spiro atoms. The molecule has 1 aliphatic rings.